The summed E-state index contributed by atoms with van der Waals surface area (Å²) >= 11 is 1.48. The Balaban J connectivity index is 1.38. The lowest BCUT2D eigenvalue weighted by Gasteiger charge is -2.33. The summed E-state index contributed by atoms with van der Waals surface area (Å²) in [4.78, 5) is 28.5. The van der Waals surface area contributed by atoms with Gasteiger partial charge in [0.25, 0.3) is 0 Å². The smallest absolute Gasteiger partial charge is 0.317 e. The van der Waals surface area contributed by atoms with Crippen molar-refractivity contribution >= 4 is 49.8 Å². The summed E-state index contributed by atoms with van der Waals surface area (Å²) in [5, 5.41) is 11.7. The summed E-state index contributed by atoms with van der Waals surface area (Å²) in [5.41, 5.74) is 16.2. The van der Waals surface area contributed by atoms with Crippen LogP contribution in [0.15, 0.2) is 58.8 Å². The minimum absolute atomic E-state index is 0.0911. The number of hydrogen-bond donors (Lipinski definition) is 3. The number of carbonyl (C=O) groups is 1. The number of carboxylic acids is 1. The van der Waals surface area contributed by atoms with Gasteiger partial charge in [-0.05, 0) is 48.2 Å². The standard InChI is InChI=1S/C29H34N8O4S2/c1-3-10-37(29-32-23(18-42-29)28-33-25(30)16-26(31)34-28)24-15-21(5-4-19(24)2)20-6-8-22(9-7-20)43(40,41)36-13-11-35(12-14-36)17-27(38)39/h4-9,15-16,18H,3,10-14,17H2,1-2H3,(H,38,39)(H4,30,31,33,34). The van der Waals surface area contributed by atoms with Gasteiger partial charge in [-0.15, -0.1) is 11.3 Å². The van der Waals surface area contributed by atoms with Gasteiger partial charge in [0, 0.05) is 49.9 Å². The average molecular weight is 623 g/mol. The number of nitrogen functional groups attached to an aromatic ring is 2. The number of rotatable bonds is 10. The summed E-state index contributed by atoms with van der Waals surface area (Å²) in [5.74, 6) is 0.0174. The highest BCUT2D eigenvalue weighted by Crippen LogP contribution is 2.36. The highest BCUT2D eigenvalue weighted by atomic mass is 32.2. The van der Waals surface area contributed by atoms with Crippen LogP contribution in [-0.4, -0.2) is 82.9 Å². The number of aromatic nitrogens is 3. The zero-order chi connectivity index (χ0) is 30.7. The largest absolute Gasteiger partial charge is 0.480 e. The van der Waals surface area contributed by atoms with Gasteiger partial charge in [0.05, 0.1) is 11.4 Å². The molecule has 2 aromatic heterocycles. The van der Waals surface area contributed by atoms with Gasteiger partial charge in [-0.3, -0.25) is 9.69 Å². The molecule has 0 unspecified atom stereocenters. The second kappa shape index (κ2) is 12.6. The van der Waals surface area contributed by atoms with Crippen LogP contribution in [0, 0.1) is 6.92 Å². The van der Waals surface area contributed by atoms with Crippen molar-refractivity contribution in [2.75, 3.05) is 55.6 Å². The van der Waals surface area contributed by atoms with Crippen LogP contribution >= 0.6 is 11.3 Å². The first-order valence-electron chi connectivity index (χ1n) is 13.8. The second-order valence-corrected chi connectivity index (χ2v) is 13.1. The van der Waals surface area contributed by atoms with Crippen molar-refractivity contribution < 1.29 is 18.3 Å². The molecule has 1 aliphatic heterocycles. The summed E-state index contributed by atoms with van der Waals surface area (Å²) in [6.07, 6.45) is 0.886. The van der Waals surface area contributed by atoms with Gasteiger partial charge in [0.2, 0.25) is 10.0 Å². The van der Waals surface area contributed by atoms with Crippen LogP contribution in [0.4, 0.5) is 22.5 Å². The normalized spacial score (nSPS) is 14.6. The van der Waals surface area contributed by atoms with Gasteiger partial charge >= 0.3 is 5.97 Å². The third-order valence-corrected chi connectivity index (χ3v) is 9.96. The lowest BCUT2D eigenvalue weighted by atomic mass is 10.0. The Morgan fingerprint density at radius 2 is 1.63 bits per heavy atom. The van der Waals surface area contributed by atoms with E-state index in [4.69, 9.17) is 21.6 Å². The molecule has 5 rings (SSSR count). The molecule has 1 saturated heterocycles. The van der Waals surface area contributed by atoms with Gasteiger partial charge in [-0.2, -0.15) is 4.31 Å². The first kappa shape index (κ1) is 30.4. The molecule has 1 fully saturated rings. The van der Waals surface area contributed by atoms with E-state index >= 15 is 0 Å². The van der Waals surface area contributed by atoms with E-state index in [9.17, 15) is 13.2 Å². The van der Waals surface area contributed by atoms with Crippen LogP contribution in [0.3, 0.4) is 0 Å². The molecule has 0 amide bonds. The van der Waals surface area contributed by atoms with Crippen LogP contribution in [0.1, 0.15) is 18.9 Å². The Morgan fingerprint density at radius 1 is 0.977 bits per heavy atom. The fourth-order valence-electron chi connectivity index (χ4n) is 5.00. The van der Waals surface area contributed by atoms with E-state index < -0.39 is 16.0 Å². The predicted molar refractivity (Wildman–Crippen MR) is 169 cm³/mol. The molecule has 5 N–H and O–H groups in total. The predicted octanol–water partition coefficient (Wildman–Crippen LogP) is 3.68. The Morgan fingerprint density at radius 3 is 2.26 bits per heavy atom. The van der Waals surface area contributed by atoms with E-state index in [1.54, 1.807) is 17.0 Å². The minimum Gasteiger partial charge on any atom is -0.480 e. The van der Waals surface area contributed by atoms with E-state index in [0.717, 1.165) is 40.5 Å². The summed E-state index contributed by atoms with van der Waals surface area (Å²) in [7, 11) is -3.69. The van der Waals surface area contributed by atoms with Crippen LogP contribution in [0.25, 0.3) is 22.6 Å². The molecule has 0 bridgehead atoms. The third kappa shape index (κ3) is 6.77. The molecule has 2 aromatic carbocycles. The zero-order valence-electron chi connectivity index (χ0n) is 24.0. The van der Waals surface area contributed by atoms with Crippen molar-refractivity contribution in [3.05, 3.63) is 59.5 Å². The summed E-state index contributed by atoms with van der Waals surface area (Å²) < 4.78 is 28.0. The average Bonchev–Trinajstić information content (AvgIpc) is 3.46. The molecule has 0 saturated carbocycles. The molecule has 0 radical (unpaired) electrons. The van der Waals surface area contributed by atoms with Gasteiger partial charge in [-0.1, -0.05) is 31.2 Å². The number of thiazole rings is 1. The molecular formula is C29H34N8O4S2. The van der Waals surface area contributed by atoms with Crippen molar-refractivity contribution in [2.45, 2.75) is 25.2 Å². The Bertz CT molecular complexity index is 1700. The van der Waals surface area contributed by atoms with Gasteiger partial charge in [0.1, 0.15) is 17.3 Å². The van der Waals surface area contributed by atoms with Gasteiger partial charge in [0.15, 0.2) is 11.0 Å². The van der Waals surface area contributed by atoms with Crippen molar-refractivity contribution in [2.24, 2.45) is 0 Å². The van der Waals surface area contributed by atoms with E-state index in [1.807, 2.05) is 36.6 Å². The van der Waals surface area contributed by atoms with Crippen molar-refractivity contribution in [1.82, 2.24) is 24.2 Å². The van der Waals surface area contributed by atoms with Crippen LogP contribution in [0.5, 0.6) is 0 Å². The van der Waals surface area contributed by atoms with E-state index in [0.29, 0.717) is 24.6 Å². The molecule has 12 nitrogen and oxygen atoms in total. The van der Waals surface area contributed by atoms with E-state index in [2.05, 4.69) is 27.9 Å². The molecule has 1 aliphatic rings. The number of nitrogens with zero attached hydrogens (tertiary/aromatic N) is 6. The van der Waals surface area contributed by atoms with Crippen LogP contribution < -0.4 is 16.4 Å². The molecule has 226 valence electrons. The Labute approximate surface area is 254 Å². The maximum absolute atomic E-state index is 13.3. The van der Waals surface area contributed by atoms with Crippen LogP contribution in [0.2, 0.25) is 0 Å². The van der Waals surface area contributed by atoms with Gasteiger partial charge < -0.3 is 21.5 Å². The molecule has 0 aliphatic carbocycles. The van der Waals surface area contributed by atoms with Crippen molar-refractivity contribution in [3.8, 4) is 22.6 Å². The summed E-state index contributed by atoms with van der Waals surface area (Å²) in [6.45, 7) is 6.05. The fraction of sp³-hybridized carbons (Fsp3) is 0.310. The SMILES string of the molecule is CCCN(c1nc(-c2nc(N)cc(N)n2)cs1)c1cc(-c2ccc(S(=O)(=O)N3CCN(CC(=O)O)CC3)cc2)ccc1C. The highest BCUT2D eigenvalue weighted by Gasteiger charge is 2.29. The second-order valence-electron chi connectivity index (χ2n) is 10.3. The van der Waals surface area contributed by atoms with Gasteiger partial charge in [-0.25, -0.2) is 23.4 Å². The number of sulfonamides is 1. The molecule has 0 spiro atoms. The Kier molecular flexibility index (Phi) is 8.92. The van der Waals surface area contributed by atoms with E-state index in [1.165, 1.54) is 21.7 Å². The first-order valence-corrected chi connectivity index (χ1v) is 16.2. The lowest BCUT2D eigenvalue weighted by Crippen LogP contribution is -2.49. The van der Waals surface area contributed by atoms with Crippen molar-refractivity contribution in [3.63, 3.8) is 0 Å². The highest BCUT2D eigenvalue weighted by molar-refractivity contribution is 7.89. The molecule has 14 heteroatoms. The monoisotopic (exact) mass is 622 g/mol. The lowest BCUT2D eigenvalue weighted by molar-refractivity contribution is -0.138. The minimum atomic E-state index is -3.69. The maximum atomic E-state index is 13.3. The first-order chi connectivity index (χ1) is 20.5. The number of aliphatic carboxylic acids is 1. The number of benzene rings is 2. The molecular weight excluding hydrogens is 589 g/mol. The topological polar surface area (TPSA) is 172 Å². The number of piperazine rings is 1. The number of aryl methyl sites for hydroxylation is 1. The maximum Gasteiger partial charge on any atom is 0.317 e. The molecule has 4 aromatic rings. The molecule has 0 atom stereocenters. The molecule has 3 heterocycles. The number of anilines is 4. The zero-order valence-corrected chi connectivity index (χ0v) is 25.6. The number of carboxylic acid groups (broad SMARTS) is 1. The quantitative estimate of drug-likeness (QED) is 0.236. The van der Waals surface area contributed by atoms with E-state index in [-0.39, 0.29) is 36.2 Å². The van der Waals surface area contributed by atoms with Crippen molar-refractivity contribution in [1.29, 1.82) is 0 Å². The number of hydrogen-bond acceptors (Lipinski definition) is 11. The fourth-order valence-corrected chi connectivity index (χ4v) is 7.27. The third-order valence-electron chi connectivity index (χ3n) is 7.18. The Hall–Kier alpha value is -4.11. The molecule has 43 heavy (non-hydrogen) atoms. The number of nitrogens with two attached hydrogens (primary N) is 2. The van der Waals surface area contributed by atoms with Crippen LogP contribution in [-0.2, 0) is 14.8 Å². The summed E-state index contributed by atoms with van der Waals surface area (Å²) in [6, 6.07) is 14.5.